The molecule has 9 nitrogen and oxygen atoms in total. The second kappa shape index (κ2) is 6.98. The molecule has 0 aliphatic heterocycles. The maximum Gasteiger partial charge on any atom is 0.303 e. The first-order chi connectivity index (χ1) is 10.1. The van der Waals surface area contributed by atoms with Crippen molar-refractivity contribution in [3.05, 3.63) is 30.2 Å². The molecule has 21 heavy (non-hydrogen) atoms. The number of carbonyl (C=O) groups excluding carboxylic acids is 1. The van der Waals surface area contributed by atoms with Gasteiger partial charge in [-0.1, -0.05) is 6.07 Å². The number of carboxylic acid groups (broad SMARTS) is 1. The van der Waals surface area contributed by atoms with Gasteiger partial charge in [0.2, 0.25) is 11.7 Å². The largest absolute Gasteiger partial charge is 0.481 e. The number of rotatable bonds is 6. The molecular weight excluding hydrogens is 276 g/mol. The van der Waals surface area contributed by atoms with Crippen LogP contribution in [0.5, 0.6) is 0 Å². The number of pyridine rings is 1. The molecule has 2 heterocycles. The van der Waals surface area contributed by atoms with E-state index in [0.717, 1.165) is 0 Å². The Kier molecular flexibility index (Phi) is 4.80. The minimum absolute atomic E-state index is 0.0426. The van der Waals surface area contributed by atoms with Crippen molar-refractivity contribution in [2.75, 3.05) is 0 Å². The number of carboxylic acids is 1. The second-order valence-electron chi connectivity index (χ2n) is 4.03. The molecule has 2 aromatic heterocycles. The Labute approximate surface area is 119 Å². The van der Waals surface area contributed by atoms with E-state index in [1.807, 2.05) is 0 Å². The van der Waals surface area contributed by atoms with Gasteiger partial charge in [-0.15, -0.1) is 20.4 Å². The van der Waals surface area contributed by atoms with Crippen LogP contribution in [0.2, 0.25) is 0 Å². The van der Waals surface area contributed by atoms with E-state index in [0.29, 0.717) is 5.69 Å². The van der Waals surface area contributed by atoms with Gasteiger partial charge in [-0.3, -0.25) is 14.6 Å². The first kappa shape index (κ1) is 14.4. The lowest BCUT2D eigenvalue weighted by molar-refractivity contribution is -0.138. The Bertz CT molecular complexity index is 617. The van der Waals surface area contributed by atoms with Gasteiger partial charge in [0.25, 0.3) is 0 Å². The Morgan fingerprint density at radius 1 is 1.10 bits per heavy atom. The fourth-order valence-corrected chi connectivity index (χ4v) is 1.40. The van der Waals surface area contributed by atoms with Crippen LogP contribution in [-0.2, 0) is 16.1 Å². The highest BCUT2D eigenvalue weighted by Crippen LogP contribution is 2.07. The molecule has 0 aliphatic rings. The Morgan fingerprint density at radius 2 is 1.86 bits per heavy atom. The lowest BCUT2D eigenvalue weighted by atomic mass is 10.3. The maximum atomic E-state index is 11.3. The summed E-state index contributed by atoms with van der Waals surface area (Å²) in [5, 5.41) is 26.3. The highest BCUT2D eigenvalue weighted by molar-refractivity contribution is 5.80. The molecule has 2 aromatic rings. The fraction of sp³-hybridized carbons (Fsp3) is 0.250. The van der Waals surface area contributed by atoms with Crippen LogP contribution in [0.25, 0.3) is 11.5 Å². The summed E-state index contributed by atoms with van der Waals surface area (Å²) in [5.41, 5.74) is 0.551. The third-order valence-electron chi connectivity index (χ3n) is 2.42. The molecule has 0 aromatic carbocycles. The summed E-state index contributed by atoms with van der Waals surface area (Å²) in [6.45, 7) is 0.0426. The van der Waals surface area contributed by atoms with Gasteiger partial charge >= 0.3 is 5.97 Å². The predicted octanol–water partition coefficient (Wildman–Crippen LogP) is -0.190. The smallest absolute Gasteiger partial charge is 0.303 e. The molecule has 0 fully saturated rings. The molecule has 0 radical (unpaired) electrons. The van der Waals surface area contributed by atoms with Crippen LogP contribution in [0.1, 0.15) is 18.7 Å². The van der Waals surface area contributed by atoms with E-state index < -0.39 is 11.9 Å². The number of aromatic nitrogens is 5. The summed E-state index contributed by atoms with van der Waals surface area (Å²) >= 11 is 0. The van der Waals surface area contributed by atoms with Crippen molar-refractivity contribution in [3.8, 4) is 11.5 Å². The normalized spacial score (nSPS) is 10.1. The molecule has 2 rings (SSSR count). The van der Waals surface area contributed by atoms with Crippen molar-refractivity contribution in [1.29, 1.82) is 0 Å². The van der Waals surface area contributed by atoms with Gasteiger partial charge in [-0.2, -0.15) is 0 Å². The third kappa shape index (κ3) is 4.56. The van der Waals surface area contributed by atoms with E-state index in [9.17, 15) is 9.59 Å². The van der Waals surface area contributed by atoms with Gasteiger partial charge in [0.15, 0.2) is 5.82 Å². The molecule has 108 valence electrons. The van der Waals surface area contributed by atoms with Crippen molar-refractivity contribution < 1.29 is 14.7 Å². The minimum atomic E-state index is -1.02. The SMILES string of the molecule is O=C(O)CCC(=O)NCc1nnc(-c2ccccn2)nn1. The molecule has 0 bridgehead atoms. The lowest BCUT2D eigenvalue weighted by Crippen LogP contribution is -2.24. The Balaban J connectivity index is 1.88. The monoisotopic (exact) mass is 288 g/mol. The second-order valence-corrected chi connectivity index (χ2v) is 4.03. The highest BCUT2D eigenvalue weighted by atomic mass is 16.4. The van der Waals surface area contributed by atoms with Gasteiger partial charge in [0.1, 0.15) is 5.69 Å². The van der Waals surface area contributed by atoms with Gasteiger partial charge in [-0.05, 0) is 12.1 Å². The van der Waals surface area contributed by atoms with Crippen LogP contribution in [0.15, 0.2) is 24.4 Å². The zero-order valence-electron chi connectivity index (χ0n) is 10.9. The van der Waals surface area contributed by atoms with E-state index in [4.69, 9.17) is 5.11 Å². The van der Waals surface area contributed by atoms with E-state index >= 15 is 0 Å². The number of aliphatic carboxylic acids is 1. The van der Waals surface area contributed by atoms with E-state index in [2.05, 4.69) is 30.7 Å². The van der Waals surface area contributed by atoms with Gasteiger partial charge in [0, 0.05) is 12.6 Å². The zero-order chi connectivity index (χ0) is 15.1. The molecule has 0 aliphatic carbocycles. The van der Waals surface area contributed by atoms with Gasteiger partial charge in [-0.25, -0.2) is 0 Å². The summed E-state index contributed by atoms with van der Waals surface area (Å²) < 4.78 is 0. The molecular formula is C12H12N6O3. The summed E-state index contributed by atoms with van der Waals surface area (Å²) in [7, 11) is 0. The van der Waals surface area contributed by atoms with Crippen LogP contribution in [-0.4, -0.2) is 42.4 Å². The van der Waals surface area contributed by atoms with Crippen molar-refractivity contribution in [2.24, 2.45) is 0 Å². The molecule has 1 amide bonds. The van der Waals surface area contributed by atoms with Crippen LogP contribution in [0.3, 0.4) is 0 Å². The molecule has 9 heteroatoms. The van der Waals surface area contributed by atoms with Gasteiger partial charge in [0.05, 0.1) is 13.0 Å². The molecule has 0 unspecified atom stereocenters. The van der Waals surface area contributed by atoms with Crippen molar-refractivity contribution in [1.82, 2.24) is 30.7 Å². The molecule has 0 spiro atoms. The standard InChI is InChI=1S/C12H12N6O3/c19-10(4-5-11(20)21)14-7-9-15-17-12(18-16-9)8-3-1-2-6-13-8/h1-3,6H,4-5,7H2,(H,14,19)(H,20,21). The number of hydrogen-bond acceptors (Lipinski definition) is 7. The fourth-order valence-electron chi connectivity index (χ4n) is 1.40. The van der Waals surface area contributed by atoms with E-state index in [1.165, 1.54) is 0 Å². The Hall–Kier alpha value is -2.97. The summed E-state index contributed by atoms with van der Waals surface area (Å²) in [6.07, 6.45) is 1.29. The lowest BCUT2D eigenvalue weighted by Gasteiger charge is -2.02. The average molecular weight is 288 g/mol. The van der Waals surface area contributed by atoms with E-state index in [-0.39, 0.29) is 31.0 Å². The first-order valence-electron chi connectivity index (χ1n) is 6.11. The van der Waals surface area contributed by atoms with Crippen molar-refractivity contribution >= 4 is 11.9 Å². The number of amides is 1. The molecule has 0 atom stereocenters. The highest BCUT2D eigenvalue weighted by Gasteiger charge is 2.08. The van der Waals surface area contributed by atoms with Crippen LogP contribution >= 0.6 is 0 Å². The van der Waals surface area contributed by atoms with Crippen LogP contribution in [0.4, 0.5) is 0 Å². The maximum absolute atomic E-state index is 11.3. The Morgan fingerprint density at radius 3 is 2.48 bits per heavy atom. The van der Waals surface area contributed by atoms with Crippen LogP contribution in [0, 0.1) is 0 Å². The summed E-state index contributed by atoms with van der Waals surface area (Å²) in [6, 6.07) is 5.29. The number of carbonyl (C=O) groups is 2. The van der Waals surface area contributed by atoms with Crippen molar-refractivity contribution in [3.63, 3.8) is 0 Å². The number of nitrogens with zero attached hydrogens (tertiary/aromatic N) is 5. The van der Waals surface area contributed by atoms with E-state index in [1.54, 1.807) is 24.4 Å². The minimum Gasteiger partial charge on any atom is -0.481 e. The third-order valence-corrected chi connectivity index (χ3v) is 2.42. The van der Waals surface area contributed by atoms with Gasteiger partial charge < -0.3 is 10.4 Å². The average Bonchev–Trinajstić information content (AvgIpc) is 2.52. The first-order valence-corrected chi connectivity index (χ1v) is 6.11. The number of hydrogen-bond donors (Lipinski definition) is 2. The number of nitrogens with one attached hydrogen (secondary N) is 1. The molecule has 0 saturated heterocycles. The zero-order valence-corrected chi connectivity index (χ0v) is 10.9. The van der Waals surface area contributed by atoms with Crippen LogP contribution < -0.4 is 5.32 Å². The molecule has 2 N–H and O–H groups in total. The predicted molar refractivity (Wildman–Crippen MR) is 69.6 cm³/mol. The van der Waals surface area contributed by atoms with Crippen molar-refractivity contribution in [2.45, 2.75) is 19.4 Å². The quantitative estimate of drug-likeness (QED) is 0.747. The molecule has 0 saturated carbocycles. The summed E-state index contributed by atoms with van der Waals surface area (Å²) in [4.78, 5) is 25.7. The summed E-state index contributed by atoms with van der Waals surface area (Å²) in [5.74, 6) is -0.894. The topological polar surface area (TPSA) is 131 Å².